The number of benzene rings is 2. The third-order valence-corrected chi connectivity index (χ3v) is 4.12. The van der Waals surface area contributed by atoms with Crippen LogP contribution in [0.25, 0.3) is 10.9 Å². The fourth-order valence-corrected chi connectivity index (χ4v) is 2.86. The lowest BCUT2D eigenvalue weighted by molar-refractivity contribution is 0.0955. The number of hydrogen-bond donors (Lipinski definition) is 1. The van der Waals surface area contributed by atoms with Crippen LogP contribution in [0.4, 0.5) is 0 Å². The van der Waals surface area contributed by atoms with Crippen molar-refractivity contribution in [3.63, 3.8) is 0 Å². The molecule has 2 aromatic carbocycles. The summed E-state index contributed by atoms with van der Waals surface area (Å²) in [4.78, 5) is 12.2. The Morgan fingerprint density at radius 3 is 2.62 bits per heavy atom. The van der Waals surface area contributed by atoms with Gasteiger partial charge in [0.15, 0.2) is 0 Å². The minimum absolute atomic E-state index is 0.253. The minimum atomic E-state index is -0.253. The van der Waals surface area contributed by atoms with Crippen LogP contribution in [0.5, 0.6) is 5.75 Å². The summed E-state index contributed by atoms with van der Waals surface area (Å²) in [6.07, 6.45) is 3.75. The van der Waals surface area contributed by atoms with Crippen LogP contribution in [0, 0.1) is 0 Å². The van der Waals surface area contributed by atoms with Gasteiger partial charge in [-0.25, -0.2) is 5.43 Å². The molecule has 0 bridgehead atoms. The quantitative estimate of drug-likeness (QED) is 0.530. The molecule has 134 valence electrons. The predicted molar refractivity (Wildman–Crippen MR) is 105 cm³/mol. The molecule has 1 aromatic heterocycles. The normalized spacial score (nSPS) is 11.4. The van der Waals surface area contributed by atoms with Crippen LogP contribution in [0.2, 0.25) is 0 Å². The van der Waals surface area contributed by atoms with E-state index in [9.17, 15) is 4.79 Å². The Balaban J connectivity index is 1.74. The van der Waals surface area contributed by atoms with E-state index in [2.05, 4.69) is 47.3 Å². The fourth-order valence-electron chi connectivity index (χ4n) is 2.86. The molecule has 1 N–H and O–H groups in total. The van der Waals surface area contributed by atoms with Crippen LogP contribution in [0.1, 0.15) is 42.7 Å². The number of nitrogens with zero attached hydrogens (tertiary/aromatic N) is 2. The highest BCUT2D eigenvalue weighted by molar-refractivity contribution is 6.00. The Labute approximate surface area is 153 Å². The maximum atomic E-state index is 12.2. The molecule has 0 aliphatic rings. The highest BCUT2D eigenvalue weighted by atomic mass is 16.5. The third kappa shape index (κ3) is 3.77. The van der Waals surface area contributed by atoms with Gasteiger partial charge < -0.3 is 9.30 Å². The standard InChI is InChI=1S/C21H23N3O2/c1-4-26-18-11-9-16(10-12-18)21(25)23-22-13-17-14-24(15(2)3)20-8-6-5-7-19(17)20/h5-15H,4H2,1-3H3,(H,23,25)/b22-13+. The van der Waals surface area contributed by atoms with Crippen molar-refractivity contribution in [3.05, 3.63) is 65.9 Å². The van der Waals surface area contributed by atoms with Crippen LogP contribution in [0.3, 0.4) is 0 Å². The van der Waals surface area contributed by atoms with Crippen molar-refractivity contribution in [1.82, 2.24) is 9.99 Å². The molecule has 3 aromatic rings. The number of fused-ring (bicyclic) bond motifs is 1. The summed E-state index contributed by atoms with van der Waals surface area (Å²) in [6, 6.07) is 15.5. The zero-order valence-electron chi connectivity index (χ0n) is 15.3. The van der Waals surface area contributed by atoms with E-state index in [4.69, 9.17) is 4.74 Å². The molecule has 0 spiro atoms. The third-order valence-electron chi connectivity index (χ3n) is 4.12. The SMILES string of the molecule is CCOc1ccc(C(=O)N/N=C/c2cn(C(C)C)c3ccccc23)cc1. The summed E-state index contributed by atoms with van der Waals surface area (Å²) < 4.78 is 7.58. The number of para-hydroxylation sites is 1. The number of amides is 1. The maximum Gasteiger partial charge on any atom is 0.271 e. The molecule has 0 saturated carbocycles. The van der Waals surface area contributed by atoms with Gasteiger partial charge >= 0.3 is 0 Å². The maximum absolute atomic E-state index is 12.2. The highest BCUT2D eigenvalue weighted by Gasteiger charge is 2.09. The lowest BCUT2D eigenvalue weighted by Crippen LogP contribution is -2.17. The number of nitrogens with one attached hydrogen (secondary N) is 1. The predicted octanol–water partition coefficient (Wildman–Crippen LogP) is 4.38. The van der Waals surface area contributed by atoms with E-state index >= 15 is 0 Å². The number of carbonyl (C=O) groups is 1. The molecule has 26 heavy (non-hydrogen) atoms. The van der Waals surface area contributed by atoms with E-state index in [1.54, 1.807) is 30.5 Å². The van der Waals surface area contributed by atoms with E-state index in [0.717, 1.165) is 22.2 Å². The van der Waals surface area contributed by atoms with Crippen molar-refractivity contribution in [2.75, 3.05) is 6.61 Å². The highest BCUT2D eigenvalue weighted by Crippen LogP contribution is 2.23. The number of carbonyl (C=O) groups excluding carboxylic acids is 1. The number of hydrogen-bond acceptors (Lipinski definition) is 3. The van der Waals surface area contributed by atoms with Crippen molar-refractivity contribution >= 4 is 23.0 Å². The number of aromatic nitrogens is 1. The van der Waals surface area contributed by atoms with Gasteiger partial charge in [-0.1, -0.05) is 18.2 Å². The molecule has 0 aliphatic heterocycles. The Morgan fingerprint density at radius 2 is 1.92 bits per heavy atom. The van der Waals surface area contributed by atoms with Crippen LogP contribution < -0.4 is 10.2 Å². The first-order chi connectivity index (χ1) is 12.6. The second kappa shape index (κ2) is 7.87. The molecule has 0 fully saturated rings. The van der Waals surface area contributed by atoms with Gasteiger partial charge in [-0.05, 0) is 51.1 Å². The van der Waals surface area contributed by atoms with E-state index in [0.29, 0.717) is 18.2 Å². The fraction of sp³-hybridized carbons (Fsp3) is 0.238. The Hall–Kier alpha value is -3.08. The van der Waals surface area contributed by atoms with Crippen LogP contribution in [-0.4, -0.2) is 23.3 Å². The Kier molecular flexibility index (Phi) is 5.37. The van der Waals surface area contributed by atoms with E-state index in [1.165, 1.54) is 0 Å². The molecule has 5 heteroatoms. The summed E-state index contributed by atoms with van der Waals surface area (Å²) in [6.45, 7) is 6.80. The second-order valence-electron chi connectivity index (χ2n) is 6.26. The van der Waals surface area contributed by atoms with Gasteiger partial charge in [0.25, 0.3) is 5.91 Å². The monoisotopic (exact) mass is 349 g/mol. The largest absolute Gasteiger partial charge is 0.494 e. The van der Waals surface area contributed by atoms with Crippen molar-refractivity contribution in [3.8, 4) is 5.75 Å². The molecule has 0 saturated heterocycles. The van der Waals surface area contributed by atoms with E-state index in [-0.39, 0.29) is 5.91 Å². The van der Waals surface area contributed by atoms with Crippen molar-refractivity contribution in [1.29, 1.82) is 0 Å². The number of ether oxygens (including phenoxy) is 1. The number of hydrazone groups is 1. The van der Waals surface area contributed by atoms with Crippen molar-refractivity contribution < 1.29 is 9.53 Å². The molecular formula is C21H23N3O2. The number of rotatable bonds is 6. The van der Waals surface area contributed by atoms with Gasteiger partial charge in [0.1, 0.15) is 5.75 Å². The molecule has 1 amide bonds. The summed E-state index contributed by atoms with van der Waals surface area (Å²) in [5.74, 6) is 0.492. The first-order valence-electron chi connectivity index (χ1n) is 8.76. The smallest absolute Gasteiger partial charge is 0.271 e. The molecule has 0 unspecified atom stereocenters. The first-order valence-corrected chi connectivity index (χ1v) is 8.76. The lowest BCUT2D eigenvalue weighted by atomic mass is 10.2. The van der Waals surface area contributed by atoms with Gasteiger partial charge in [-0.3, -0.25) is 4.79 Å². The lowest BCUT2D eigenvalue weighted by Gasteiger charge is -2.08. The van der Waals surface area contributed by atoms with Gasteiger partial charge in [0.2, 0.25) is 0 Å². The van der Waals surface area contributed by atoms with Crippen LogP contribution >= 0.6 is 0 Å². The molecule has 0 atom stereocenters. The van der Waals surface area contributed by atoms with E-state index < -0.39 is 0 Å². The van der Waals surface area contributed by atoms with Gasteiger partial charge in [0.05, 0.1) is 12.8 Å². The van der Waals surface area contributed by atoms with Crippen molar-refractivity contribution in [2.24, 2.45) is 5.10 Å². The molecule has 0 radical (unpaired) electrons. The average molecular weight is 349 g/mol. The minimum Gasteiger partial charge on any atom is -0.494 e. The van der Waals surface area contributed by atoms with Gasteiger partial charge in [-0.15, -0.1) is 0 Å². The molecule has 5 nitrogen and oxygen atoms in total. The summed E-state index contributed by atoms with van der Waals surface area (Å²) in [5, 5.41) is 5.24. The summed E-state index contributed by atoms with van der Waals surface area (Å²) in [7, 11) is 0. The zero-order chi connectivity index (χ0) is 18.5. The molecule has 1 heterocycles. The van der Waals surface area contributed by atoms with Crippen molar-refractivity contribution in [2.45, 2.75) is 26.8 Å². The zero-order valence-corrected chi connectivity index (χ0v) is 15.3. The molecule has 3 rings (SSSR count). The topological polar surface area (TPSA) is 55.6 Å². The second-order valence-corrected chi connectivity index (χ2v) is 6.26. The van der Waals surface area contributed by atoms with Gasteiger partial charge in [0, 0.05) is 34.3 Å². The summed E-state index contributed by atoms with van der Waals surface area (Å²) >= 11 is 0. The van der Waals surface area contributed by atoms with Gasteiger partial charge in [-0.2, -0.15) is 5.10 Å². The van der Waals surface area contributed by atoms with E-state index in [1.807, 2.05) is 19.1 Å². The Morgan fingerprint density at radius 1 is 1.19 bits per heavy atom. The average Bonchev–Trinajstić information content (AvgIpc) is 3.02. The molecular weight excluding hydrogens is 326 g/mol. The first kappa shape index (κ1) is 17.7. The van der Waals surface area contributed by atoms with Crippen LogP contribution in [0.15, 0.2) is 59.8 Å². The Bertz CT molecular complexity index is 924. The van der Waals surface area contributed by atoms with Crippen LogP contribution in [-0.2, 0) is 0 Å². The summed E-state index contributed by atoms with van der Waals surface area (Å²) in [5.41, 5.74) is 5.25. The molecule has 0 aliphatic carbocycles.